The number of aliphatic carboxylic acids is 1. The molecule has 1 saturated heterocycles. The Morgan fingerprint density at radius 3 is 2.54 bits per heavy atom. The Hall–Kier alpha value is -3.22. The molecule has 0 aromatic heterocycles. The lowest BCUT2D eigenvalue weighted by molar-refractivity contribution is -0.138. The summed E-state index contributed by atoms with van der Waals surface area (Å²) in [7, 11) is -1.23. The maximum absolute atomic E-state index is 14.1. The number of rotatable bonds is 14. The maximum atomic E-state index is 14.1. The van der Waals surface area contributed by atoms with E-state index in [4.69, 9.17) is 14.4 Å². The van der Waals surface area contributed by atoms with E-state index < -0.39 is 61.2 Å². The highest BCUT2D eigenvalue weighted by molar-refractivity contribution is 6.48. The van der Waals surface area contributed by atoms with Gasteiger partial charge >= 0.3 is 13.1 Å². The second-order valence-corrected chi connectivity index (χ2v) is 8.76. The molecule has 2 rings (SSSR count). The van der Waals surface area contributed by atoms with Gasteiger partial charge in [0.25, 0.3) is 6.47 Å². The van der Waals surface area contributed by atoms with Gasteiger partial charge in [0.1, 0.15) is 17.7 Å². The van der Waals surface area contributed by atoms with Gasteiger partial charge in [0.2, 0.25) is 11.8 Å². The van der Waals surface area contributed by atoms with Crippen molar-refractivity contribution in [2.45, 2.75) is 58.1 Å². The molecular weight excluding hydrogens is 467 g/mol. The molecule has 0 aliphatic carbocycles. The Labute approximate surface area is 202 Å². The average Bonchev–Trinajstić information content (AvgIpc) is 2.71. The Balaban J connectivity index is 1.96. The molecule has 1 aliphatic rings. The highest BCUT2D eigenvalue weighted by atomic mass is 19.1. The van der Waals surface area contributed by atoms with Crippen molar-refractivity contribution in [3.63, 3.8) is 0 Å². The molecule has 35 heavy (non-hydrogen) atoms. The van der Waals surface area contributed by atoms with E-state index in [2.05, 4.69) is 10.6 Å². The highest BCUT2D eigenvalue weighted by Gasteiger charge is 2.38. The lowest BCUT2D eigenvalue weighted by atomic mass is 9.73. The van der Waals surface area contributed by atoms with Crippen LogP contribution in [0.15, 0.2) is 18.2 Å². The minimum absolute atomic E-state index is 0.0557. The number of carbonyl (C=O) groups is 4. The number of carboxylic acid groups (broad SMARTS) is 1. The minimum atomic E-state index is -1.23. The normalized spacial score (nSPS) is 16.6. The first-order valence-corrected chi connectivity index (χ1v) is 11.3. The predicted octanol–water partition coefficient (Wildman–Crippen LogP) is 1.27. The number of anilines is 1. The molecular formula is C22H30BF2N3O7. The Bertz CT molecular complexity index is 921. The van der Waals surface area contributed by atoms with Crippen LogP contribution in [0.4, 0.5) is 14.5 Å². The quantitative estimate of drug-likeness (QED) is 0.259. The topological polar surface area (TPSA) is 134 Å². The van der Waals surface area contributed by atoms with Gasteiger partial charge in [-0.2, -0.15) is 0 Å². The molecule has 1 aromatic carbocycles. The van der Waals surface area contributed by atoms with Gasteiger partial charge in [0.15, 0.2) is 0 Å². The summed E-state index contributed by atoms with van der Waals surface area (Å²) < 4.78 is 37.7. The molecule has 3 unspecified atom stereocenters. The molecule has 0 spiro atoms. The molecule has 1 fully saturated rings. The predicted molar refractivity (Wildman–Crippen MR) is 122 cm³/mol. The van der Waals surface area contributed by atoms with Crippen LogP contribution in [0.1, 0.15) is 40.0 Å². The van der Waals surface area contributed by atoms with Gasteiger partial charge < -0.3 is 29.9 Å². The SMILES string of the molecule is CC(C)CC(NC(=O)CNC(=O)C1CCN1c1ccc(F)cc1F)B(OC=O)OC(C)CC(=O)O. The number of carboxylic acids is 1. The average molecular weight is 497 g/mol. The van der Waals surface area contributed by atoms with Crippen molar-refractivity contribution in [2.75, 3.05) is 18.0 Å². The number of amides is 2. The minimum Gasteiger partial charge on any atom is -0.511 e. The summed E-state index contributed by atoms with van der Waals surface area (Å²) in [5.41, 5.74) is 0.0979. The monoisotopic (exact) mass is 497 g/mol. The van der Waals surface area contributed by atoms with Crippen molar-refractivity contribution in [3.8, 4) is 0 Å². The summed E-state index contributed by atoms with van der Waals surface area (Å²) in [5.74, 6) is -4.43. The molecule has 1 heterocycles. The van der Waals surface area contributed by atoms with Crippen molar-refractivity contribution in [3.05, 3.63) is 29.8 Å². The second-order valence-electron chi connectivity index (χ2n) is 8.76. The molecule has 0 bridgehead atoms. The van der Waals surface area contributed by atoms with E-state index in [0.717, 1.165) is 12.1 Å². The molecule has 13 heteroatoms. The summed E-state index contributed by atoms with van der Waals surface area (Å²) in [6, 6.07) is 2.39. The number of nitrogens with one attached hydrogen (secondary N) is 2. The van der Waals surface area contributed by atoms with Crippen molar-refractivity contribution < 1.29 is 42.4 Å². The Morgan fingerprint density at radius 2 is 2.00 bits per heavy atom. The van der Waals surface area contributed by atoms with Crippen molar-refractivity contribution in [2.24, 2.45) is 5.92 Å². The van der Waals surface area contributed by atoms with E-state index >= 15 is 0 Å². The van der Waals surface area contributed by atoms with Crippen LogP contribution in [0.2, 0.25) is 0 Å². The van der Waals surface area contributed by atoms with E-state index in [-0.39, 0.29) is 24.5 Å². The fraction of sp³-hybridized carbons (Fsp3) is 0.545. The molecule has 192 valence electrons. The fourth-order valence-corrected chi connectivity index (χ4v) is 3.75. The zero-order valence-electron chi connectivity index (χ0n) is 19.8. The first-order valence-electron chi connectivity index (χ1n) is 11.3. The summed E-state index contributed by atoms with van der Waals surface area (Å²) in [4.78, 5) is 48.5. The van der Waals surface area contributed by atoms with Gasteiger partial charge in [-0.05, 0) is 37.8 Å². The lowest BCUT2D eigenvalue weighted by Crippen LogP contribution is -2.58. The zero-order valence-corrected chi connectivity index (χ0v) is 19.8. The maximum Gasteiger partial charge on any atom is 0.551 e. The molecule has 10 nitrogen and oxygen atoms in total. The van der Waals surface area contributed by atoms with Crippen LogP contribution < -0.4 is 15.5 Å². The van der Waals surface area contributed by atoms with Gasteiger partial charge in [-0.25, -0.2) is 8.78 Å². The van der Waals surface area contributed by atoms with E-state index in [9.17, 15) is 28.0 Å². The van der Waals surface area contributed by atoms with Gasteiger partial charge in [0, 0.05) is 12.6 Å². The molecule has 3 atom stereocenters. The van der Waals surface area contributed by atoms with E-state index in [1.54, 1.807) is 0 Å². The number of halogens is 2. The van der Waals surface area contributed by atoms with Crippen LogP contribution in [-0.4, -0.2) is 67.7 Å². The number of benzene rings is 1. The largest absolute Gasteiger partial charge is 0.551 e. The Kier molecular flexibility index (Phi) is 10.4. The fourth-order valence-electron chi connectivity index (χ4n) is 3.75. The van der Waals surface area contributed by atoms with E-state index in [1.807, 2.05) is 13.8 Å². The van der Waals surface area contributed by atoms with Crippen LogP contribution in [-0.2, 0) is 28.5 Å². The third kappa shape index (κ3) is 8.50. The van der Waals surface area contributed by atoms with Crippen LogP contribution in [0.3, 0.4) is 0 Å². The third-order valence-electron chi connectivity index (χ3n) is 5.38. The summed E-state index contributed by atoms with van der Waals surface area (Å²) in [5, 5.41) is 14.1. The van der Waals surface area contributed by atoms with Crippen LogP contribution in [0.5, 0.6) is 0 Å². The third-order valence-corrected chi connectivity index (χ3v) is 5.38. The Morgan fingerprint density at radius 1 is 1.29 bits per heavy atom. The molecule has 2 amide bonds. The number of carbonyl (C=O) groups excluding carboxylic acids is 3. The highest BCUT2D eigenvalue weighted by Crippen LogP contribution is 2.29. The number of hydrogen-bond acceptors (Lipinski definition) is 7. The van der Waals surface area contributed by atoms with Gasteiger partial charge in [-0.1, -0.05) is 13.8 Å². The first kappa shape index (κ1) is 28.0. The van der Waals surface area contributed by atoms with E-state index in [1.165, 1.54) is 17.9 Å². The molecule has 3 N–H and O–H groups in total. The van der Waals surface area contributed by atoms with Crippen LogP contribution >= 0.6 is 0 Å². The molecule has 1 aliphatic heterocycles. The summed E-state index contributed by atoms with van der Waals surface area (Å²) >= 11 is 0. The summed E-state index contributed by atoms with van der Waals surface area (Å²) in [6.07, 6.45) is -0.340. The molecule has 1 aromatic rings. The second kappa shape index (κ2) is 13.0. The van der Waals surface area contributed by atoms with Crippen molar-refractivity contribution in [1.29, 1.82) is 0 Å². The standard InChI is InChI=1S/C22H30BF2N3O7/c1-13(2)8-19(23(34-12-29)35-14(3)9-21(31)32)27-20(30)11-26-22(33)18-6-7-28(18)17-5-4-15(24)10-16(17)25/h4-5,10,12-14,18-19H,6-9,11H2,1-3H3,(H,26,33)(H,27,30)(H,31,32). The van der Waals surface area contributed by atoms with Gasteiger partial charge in [0.05, 0.1) is 30.7 Å². The van der Waals surface area contributed by atoms with Gasteiger partial charge in [-0.15, -0.1) is 0 Å². The number of hydrogen-bond donors (Lipinski definition) is 3. The number of nitrogens with zero attached hydrogens (tertiary/aromatic N) is 1. The van der Waals surface area contributed by atoms with Crippen LogP contribution in [0, 0.1) is 17.6 Å². The first-order chi connectivity index (χ1) is 16.5. The lowest BCUT2D eigenvalue weighted by Gasteiger charge is -2.41. The van der Waals surface area contributed by atoms with Crippen molar-refractivity contribution in [1.82, 2.24) is 10.6 Å². The van der Waals surface area contributed by atoms with Crippen LogP contribution in [0.25, 0.3) is 0 Å². The summed E-state index contributed by atoms with van der Waals surface area (Å²) in [6.45, 7) is 5.40. The smallest absolute Gasteiger partial charge is 0.511 e. The van der Waals surface area contributed by atoms with E-state index in [0.29, 0.717) is 19.4 Å². The zero-order chi connectivity index (χ0) is 26.1. The molecule has 0 saturated carbocycles. The van der Waals surface area contributed by atoms with Crippen molar-refractivity contribution >= 4 is 37.1 Å². The van der Waals surface area contributed by atoms with Gasteiger partial charge in [-0.3, -0.25) is 19.2 Å². The molecule has 0 radical (unpaired) electrons.